The summed E-state index contributed by atoms with van der Waals surface area (Å²) < 4.78 is 21.6. The fraction of sp³-hybridized carbons (Fsp3) is 0.200. The Balaban J connectivity index is 2.21. The molecule has 2 aromatic carbocycles. The lowest BCUT2D eigenvalue weighted by Crippen LogP contribution is -2.09. The van der Waals surface area contributed by atoms with Gasteiger partial charge in [0.15, 0.2) is 11.5 Å². The molecule has 0 heterocycles. The van der Waals surface area contributed by atoms with Crippen LogP contribution >= 0.6 is 0 Å². The zero-order chi connectivity index (χ0) is 23.1. The standard InChI is InChI=1S/C25H26O6/c1-15(2)24(26)30-18(6)17(5)29-21-11-8-19(9-12-21)20-10-13-22(28-7)23(14-20)31-25(27)16(3)4/h8-14H,1,3H2,2,4-7H3/b18-17+. The highest BCUT2D eigenvalue weighted by Crippen LogP contribution is 2.33. The molecular weight excluding hydrogens is 396 g/mol. The van der Waals surface area contributed by atoms with E-state index in [0.29, 0.717) is 39.9 Å². The molecule has 0 atom stereocenters. The van der Waals surface area contributed by atoms with Crippen molar-refractivity contribution in [3.63, 3.8) is 0 Å². The van der Waals surface area contributed by atoms with Crippen LogP contribution in [0.1, 0.15) is 27.7 Å². The number of carbonyl (C=O) groups is 2. The Bertz CT molecular complexity index is 1040. The highest BCUT2D eigenvalue weighted by Gasteiger charge is 2.13. The van der Waals surface area contributed by atoms with Crippen molar-refractivity contribution in [1.82, 2.24) is 0 Å². The molecule has 31 heavy (non-hydrogen) atoms. The summed E-state index contributed by atoms with van der Waals surface area (Å²) in [5, 5.41) is 0. The summed E-state index contributed by atoms with van der Waals surface area (Å²) in [6.07, 6.45) is 0. The molecule has 2 rings (SSSR count). The van der Waals surface area contributed by atoms with Gasteiger partial charge in [-0.15, -0.1) is 0 Å². The number of carbonyl (C=O) groups excluding carboxylic acids is 2. The Morgan fingerprint density at radius 3 is 1.84 bits per heavy atom. The maximum atomic E-state index is 11.9. The second kappa shape index (κ2) is 10.3. The first kappa shape index (κ1) is 23.5. The number of hydrogen-bond donors (Lipinski definition) is 0. The van der Waals surface area contributed by atoms with Gasteiger partial charge in [0.1, 0.15) is 17.3 Å². The van der Waals surface area contributed by atoms with Crippen LogP contribution in [-0.4, -0.2) is 19.0 Å². The first-order valence-corrected chi connectivity index (χ1v) is 9.51. The minimum Gasteiger partial charge on any atom is -0.493 e. The fourth-order valence-corrected chi connectivity index (χ4v) is 2.39. The Morgan fingerprint density at radius 2 is 1.29 bits per heavy atom. The molecule has 0 saturated heterocycles. The SMILES string of the molecule is C=C(C)C(=O)O/C(C)=C(\C)Oc1ccc(-c2ccc(OC)c(OC(=O)C(=C)C)c2)cc1. The van der Waals surface area contributed by atoms with Crippen molar-refractivity contribution in [2.75, 3.05) is 7.11 Å². The van der Waals surface area contributed by atoms with E-state index in [1.54, 1.807) is 52.0 Å². The normalized spacial score (nSPS) is 11.1. The average molecular weight is 422 g/mol. The van der Waals surface area contributed by atoms with Crippen molar-refractivity contribution >= 4 is 11.9 Å². The molecular formula is C25H26O6. The summed E-state index contributed by atoms with van der Waals surface area (Å²) in [6, 6.07) is 12.6. The first-order chi connectivity index (χ1) is 14.6. The molecule has 0 radical (unpaired) electrons. The van der Waals surface area contributed by atoms with Crippen LogP contribution in [0.3, 0.4) is 0 Å². The number of rotatable bonds is 8. The van der Waals surface area contributed by atoms with E-state index in [2.05, 4.69) is 13.2 Å². The molecule has 0 N–H and O–H groups in total. The van der Waals surface area contributed by atoms with Crippen LogP contribution in [0.4, 0.5) is 0 Å². The lowest BCUT2D eigenvalue weighted by Gasteiger charge is -2.12. The highest BCUT2D eigenvalue weighted by molar-refractivity contribution is 5.89. The van der Waals surface area contributed by atoms with Gasteiger partial charge in [-0.25, -0.2) is 9.59 Å². The smallest absolute Gasteiger partial charge is 0.338 e. The third-order valence-electron chi connectivity index (χ3n) is 4.26. The predicted molar refractivity (Wildman–Crippen MR) is 119 cm³/mol. The molecule has 0 aliphatic carbocycles. The Hall–Kier alpha value is -3.80. The van der Waals surface area contributed by atoms with Crippen molar-refractivity contribution in [3.05, 3.63) is 78.3 Å². The Morgan fingerprint density at radius 1 is 0.710 bits per heavy atom. The van der Waals surface area contributed by atoms with Gasteiger partial charge in [0, 0.05) is 11.1 Å². The van der Waals surface area contributed by atoms with Gasteiger partial charge in [-0.05, 0) is 63.1 Å². The highest BCUT2D eigenvalue weighted by atomic mass is 16.6. The van der Waals surface area contributed by atoms with Crippen LogP contribution in [-0.2, 0) is 14.3 Å². The zero-order valence-electron chi connectivity index (χ0n) is 18.4. The minimum atomic E-state index is -0.524. The van der Waals surface area contributed by atoms with Gasteiger partial charge in [0.2, 0.25) is 0 Å². The van der Waals surface area contributed by atoms with E-state index >= 15 is 0 Å². The molecule has 2 aromatic rings. The van der Waals surface area contributed by atoms with E-state index in [1.807, 2.05) is 18.2 Å². The number of methoxy groups -OCH3 is 1. The summed E-state index contributed by atoms with van der Waals surface area (Å²) >= 11 is 0. The van der Waals surface area contributed by atoms with Gasteiger partial charge in [0.25, 0.3) is 0 Å². The minimum absolute atomic E-state index is 0.293. The van der Waals surface area contributed by atoms with Crippen molar-refractivity contribution < 1.29 is 28.5 Å². The molecule has 0 aliphatic rings. The predicted octanol–water partition coefficient (Wildman–Crippen LogP) is 5.59. The number of benzene rings is 2. The molecule has 6 heteroatoms. The van der Waals surface area contributed by atoms with Gasteiger partial charge >= 0.3 is 11.9 Å². The van der Waals surface area contributed by atoms with Crippen molar-refractivity contribution in [2.45, 2.75) is 27.7 Å². The maximum absolute atomic E-state index is 11.9. The lowest BCUT2D eigenvalue weighted by atomic mass is 10.0. The van der Waals surface area contributed by atoms with Crippen molar-refractivity contribution in [1.29, 1.82) is 0 Å². The number of ether oxygens (including phenoxy) is 4. The van der Waals surface area contributed by atoms with E-state index in [1.165, 1.54) is 7.11 Å². The summed E-state index contributed by atoms with van der Waals surface area (Å²) in [5.74, 6) is 1.12. The van der Waals surface area contributed by atoms with Crippen molar-refractivity contribution in [2.24, 2.45) is 0 Å². The summed E-state index contributed by atoms with van der Waals surface area (Å²) in [5.41, 5.74) is 2.32. The maximum Gasteiger partial charge on any atom is 0.338 e. The van der Waals surface area contributed by atoms with E-state index in [-0.39, 0.29) is 0 Å². The van der Waals surface area contributed by atoms with Crippen molar-refractivity contribution in [3.8, 4) is 28.4 Å². The van der Waals surface area contributed by atoms with Gasteiger partial charge < -0.3 is 18.9 Å². The van der Waals surface area contributed by atoms with Gasteiger partial charge in [-0.1, -0.05) is 31.4 Å². The van der Waals surface area contributed by atoms with Gasteiger partial charge in [-0.2, -0.15) is 0 Å². The molecule has 0 saturated carbocycles. The zero-order valence-corrected chi connectivity index (χ0v) is 18.4. The second-order valence-corrected chi connectivity index (χ2v) is 6.94. The topological polar surface area (TPSA) is 71.1 Å². The number of hydrogen-bond acceptors (Lipinski definition) is 6. The Kier molecular flexibility index (Phi) is 7.80. The van der Waals surface area contributed by atoms with Gasteiger partial charge in [0.05, 0.1) is 7.11 Å². The quantitative estimate of drug-likeness (QED) is 0.239. The molecule has 0 bridgehead atoms. The van der Waals surface area contributed by atoms with Crippen LogP contribution in [0, 0.1) is 0 Å². The van der Waals surface area contributed by atoms with E-state index in [9.17, 15) is 9.59 Å². The van der Waals surface area contributed by atoms with Crippen LogP contribution in [0.5, 0.6) is 17.2 Å². The fourth-order valence-electron chi connectivity index (χ4n) is 2.39. The largest absolute Gasteiger partial charge is 0.493 e. The van der Waals surface area contributed by atoms with Crippen LogP contribution < -0.4 is 14.2 Å². The molecule has 0 aromatic heterocycles. The molecule has 0 amide bonds. The first-order valence-electron chi connectivity index (χ1n) is 9.51. The molecule has 6 nitrogen and oxygen atoms in total. The monoisotopic (exact) mass is 422 g/mol. The molecule has 0 fully saturated rings. The number of esters is 2. The second-order valence-electron chi connectivity index (χ2n) is 6.94. The molecule has 0 aliphatic heterocycles. The molecule has 0 unspecified atom stereocenters. The average Bonchev–Trinajstić information content (AvgIpc) is 2.73. The lowest BCUT2D eigenvalue weighted by molar-refractivity contribution is -0.135. The molecule has 0 spiro atoms. The third kappa shape index (κ3) is 6.34. The van der Waals surface area contributed by atoms with E-state index in [4.69, 9.17) is 18.9 Å². The van der Waals surface area contributed by atoms with Gasteiger partial charge in [-0.3, -0.25) is 0 Å². The van der Waals surface area contributed by atoms with E-state index in [0.717, 1.165) is 11.1 Å². The van der Waals surface area contributed by atoms with Crippen LogP contribution in [0.25, 0.3) is 11.1 Å². The summed E-state index contributed by atoms with van der Waals surface area (Å²) in [4.78, 5) is 23.5. The van der Waals surface area contributed by atoms with E-state index < -0.39 is 11.9 Å². The van der Waals surface area contributed by atoms with Crippen LogP contribution in [0.2, 0.25) is 0 Å². The number of allylic oxidation sites excluding steroid dienone is 2. The molecule has 162 valence electrons. The third-order valence-corrected chi connectivity index (χ3v) is 4.26. The van der Waals surface area contributed by atoms with Crippen LogP contribution in [0.15, 0.2) is 78.3 Å². The Labute approximate surface area is 182 Å². The summed E-state index contributed by atoms with van der Waals surface area (Å²) in [6.45, 7) is 13.7. The summed E-state index contributed by atoms with van der Waals surface area (Å²) in [7, 11) is 1.50.